The number of phenolic OH excluding ortho intramolecular Hbond substituents is 1. The van der Waals surface area contributed by atoms with Gasteiger partial charge in [0.25, 0.3) is 0 Å². The van der Waals surface area contributed by atoms with Crippen molar-refractivity contribution in [2.24, 2.45) is 23.2 Å². The lowest BCUT2D eigenvalue weighted by molar-refractivity contribution is -0.166. The molecule has 3 fully saturated rings. The molecule has 1 spiro atoms. The van der Waals surface area contributed by atoms with E-state index in [1.165, 1.54) is 36.9 Å². The van der Waals surface area contributed by atoms with Crippen molar-refractivity contribution in [2.45, 2.75) is 76.9 Å². The van der Waals surface area contributed by atoms with Gasteiger partial charge in [0.15, 0.2) is 23.4 Å². The molecule has 1 unspecified atom stereocenters. The molecule has 2 saturated carbocycles. The van der Waals surface area contributed by atoms with Crippen LogP contribution < -0.4 is 4.74 Å². The number of hydrogen-bond donors (Lipinski definition) is 1. The number of benzene rings is 1. The molecule has 1 aromatic rings. The summed E-state index contributed by atoms with van der Waals surface area (Å²) in [5.74, 6) is 2.70. The van der Waals surface area contributed by atoms with Crippen LogP contribution in [0.25, 0.3) is 0 Å². The van der Waals surface area contributed by atoms with Crippen LogP contribution in [0.2, 0.25) is 0 Å². The summed E-state index contributed by atoms with van der Waals surface area (Å²) in [6.45, 7) is 8.82. The molecule has 1 aromatic carbocycles. The highest BCUT2D eigenvalue weighted by Crippen LogP contribution is 2.67. The number of carbonyl (C=O) groups is 1. The number of phenols is 1. The summed E-state index contributed by atoms with van der Waals surface area (Å²) in [6.07, 6.45) is 6.74. The maximum absolute atomic E-state index is 13.7. The number of nitrogens with zero attached hydrogens (tertiary/aromatic N) is 1. The van der Waals surface area contributed by atoms with Crippen LogP contribution >= 0.6 is 0 Å². The summed E-state index contributed by atoms with van der Waals surface area (Å²) in [7, 11) is 0. The number of piperidine rings is 1. The van der Waals surface area contributed by atoms with Crippen molar-refractivity contribution in [1.29, 1.82) is 0 Å². The smallest absolute Gasteiger partial charge is 0.180 e. The first-order valence-corrected chi connectivity index (χ1v) is 11.7. The Labute approximate surface area is 173 Å². The molecule has 0 amide bonds. The number of aromatic hydroxyl groups is 1. The fraction of sp³-hybridized carbons (Fsp3) is 0.720. The highest BCUT2D eigenvalue weighted by atomic mass is 16.5. The predicted molar refractivity (Wildman–Crippen MR) is 111 cm³/mol. The van der Waals surface area contributed by atoms with Gasteiger partial charge in [0.2, 0.25) is 0 Å². The molecule has 1 saturated heterocycles. The Morgan fingerprint density at radius 1 is 1.28 bits per heavy atom. The monoisotopic (exact) mass is 395 g/mol. The van der Waals surface area contributed by atoms with Gasteiger partial charge in [-0.2, -0.15) is 0 Å². The number of rotatable bonds is 3. The van der Waals surface area contributed by atoms with Crippen LogP contribution in [-0.4, -0.2) is 41.0 Å². The SMILES string of the molecule is CC[C@@H]1C2[C@H]3Cc4ccc(O)c5c4[C@@]2(CCN3CC2CCC2)[C@@H](O5)C(=O)C1(C)C. The van der Waals surface area contributed by atoms with Crippen molar-refractivity contribution < 1.29 is 14.6 Å². The molecule has 4 heteroatoms. The highest BCUT2D eigenvalue weighted by Gasteiger charge is 2.71. The van der Waals surface area contributed by atoms with Crippen LogP contribution in [0.1, 0.15) is 64.0 Å². The van der Waals surface area contributed by atoms with Gasteiger partial charge in [-0.05, 0) is 61.6 Å². The van der Waals surface area contributed by atoms with E-state index in [1.807, 2.05) is 0 Å². The van der Waals surface area contributed by atoms with E-state index in [-0.39, 0.29) is 22.4 Å². The van der Waals surface area contributed by atoms with Gasteiger partial charge in [-0.1, -0.05) is 39.7 Å². The van der Waals surface area contributed by atoms with E-state index in [9.17, 15) is 9.90 Å². The van der Waals surface area contributed by atoms with Crippen LogP contribution in [-0.2, 0) is 16.6 Å². The van der Waals surface area contributed by atoms with Gasteiger partial charge in [-0.25, -0.2) is 0 Å². The van der Waals surface area contributed by atoms with E-state index in [1.54, 1.807) is 6.07 Å². The van der Waals surface area contributed by atoms with Crippen molar-refractivity contribution in [3.05, 3.63) is 23.3 Å². The molecule has 156 valence electrons. The van der Waals surface area contributed by atoms with Gasteiger partial charge >= 0.3 is 0 Å². The van der Waals surface area contributed by atoms with E-state index in [0.29, 0.717) is 23.6 Å². The van der Waals surface area contributed by atoms with Gasteiger partial charge in [-0.3, -0.25) is 9.69 Å². The Hall–Kier alpha value is -1.55. The van der Waals surface area contributed by atoms with Gasteiger partial charge < -0.3 is 9.84 Å². The van der Waals surface area contributed by atoms with E-state index in [0.717, 1.165) is 31.7 Å². The van der Waals surface area contributed by atoms with Crippen LogP contribution in [0.3, 0.4) is 0 Å². The minimum Gasteiger partial charge on any atom is -0.504 e. The predicted octanol–water partition coefficient (Wildman–Crippen LogP) is 4.07. The highest BCUT2D eigenvalue weighted by molar-refractivity contribution is 5.94. The normalized spacial score (nSPS) is 39.6. The summed E-state index contributed by atoms with van der Waals surface area (Å²) in [6, 6.07) is 4.36. The maximum atomic E-state index is 13.7. The van der Waals surface area contributed by atoms with Crippen LogP contribution in [0, 0.1) is 23.2 Å². The Morgan fingerprint density at radius 3 is 2.76 bits per heavy atom. The van der Waals surface area contributed by atoms with Crippen LogP contribution in [0.4, 0.5) is 0 Å². The molecule has 6 rings (SSSR count). The summed E-state index contributed by atoms with van der Waals surface area (Å²) in [5.41, 5.74) is 1.87. The zero-order valence-electron chi connectivity index (χ0n) is 17.9. The Bertz CT molecular complexity index is 888. The average molecular weight is 396 g/mol. The summed E-state index contributed by atoms with van der Waals surface area (Å²) in [4.78, 5) is 16.5. The number of Topliss-reactive ketones (excluding diaryl/α,β-unsaturated/α-hetero) is 1. The Balaban J connectivity index is 1.55. The lowest BCUT2D eigenvalue weighted by atomic mass is 9.43. The van der Waals surface area contributed by atoms with Gasteiger partial charge in [0, 0.05) is 29.0 Å². The van der Waals surface area contributed by atoms with Gasteiger partial charge in [0.05, 0.1) is 0 Å². The largest absolute Gasteiger partial charge is 0.504 e. The molecule has 0 radical (unpaired) electrons. The van der Waals surface area contributed by atoms with Crippen molar-refractivity contribution >= 4 is 5.78 Å². The first-order chi connectivity index (χ1) is 13.9. The fourth-order valence-corrected chi connectivity index (χ4v) is 7.96. The van der Waals surface area contributed by atoms with Crippen molar-refractivity contribution in [3.63, 3.8) is 0 Å². The molecule has 29 heavy (non-hydrogen) atoms. The molecular formula is C25H33NO3. The van der Waals surface area contributed by atoms with Crippen molar-refractivity contribution in [1.82, 2.24) is 4.90 Å². The van der Waals surface area contributed by atoms with E-state index >= 15 is 0 Å². The number of carbonyl (C=O) groups excluding carboxylic acids is 1. The lowest BCUT2D eigenvalue weighted by Crippen LogP contribution is -2.72. The number of ether oxygens (including phenoxy) is 1. The molecule has 2 aliphatic heterocycles. The topological polar surface area (TPSA) is 49.8 Å². The molecule has 5 atom stereocenters. The molecule has 4 nitrogen and oxygen atoms in total. The lowest BCUT2D eigenvalue weighted by Gasteiger charge is -2.63. The standard InChI is InChI=1S/C25H33NO3/c1-4-16-20-17-12-15-8-9-18(27)21-19(15)25(20,23(29-21)22(28)24(16,2)3)10-11-26(17)13-14-6-5-7-14/h8-9,14,16-17,20,23,27H,4-7,10-13H2,1-3H3/t16-,17-,20?,23+,25-/m1/s1. The minimum atomic E-state index is -0.430. The third-order valence-electron chi connectivity index (χ3n) is 9.50. The number of ketones is 1. The fourth-order valence-electron chi connectivity index (χ4n) is 7.96. The van der Waals surface area contributed by atoms with Crippen LogP contribution in [0.15, 0.2) is 12.1 Å². The summed E-state index contributed by atoms with van der Waals surface area (Å²) >= 11 is 0. The Morgan fingerprint density at radius 2 is 2.07 bits per heavy atom. The van der Waals surface area contributed by atoms with Crippen molar-refractivity contribution in [2.75, 3.05) is 13.1 Å². The summed E-state index contributed by atoms with van der Waals surface area (Å²) < 4.78 is 6.38. The zero-order valence-corrected chi connectivity index (χ0v) is 17.9. The Kier molecular flexibility index (Phi) is 3.63. The molecular weight excluding hydrogens is 362 g/mol. The minimum absolute atomic E-state index is 0.209. The summed E-state index contributed by atoms with van der Waals surface area (Å²) in [5, 5.41) is 10.6. The second kappa shape index (κ2) is 5.78. The first-order valence-electron chi connectivity index (χ1n) is 11.7. The molecule has 5 aliphatic rings. The molecule has 2 bridgehead atoms. The van der Waals surface area contributed by atoms with Gasteiger partial charge in [0.1, 0.15) is 0 Å². The number of likely N-dealkylation sites (tertiary alicyclic amines) is 1. The quantitative estimate of drug-likeness (QED) is 0.838. The second-order valence-corrected chi connectivity index (χ2v) is 10.9. The second-order valence-electron chi connectivity index (χ2n) is 10.9. The first kappa shape index (κ1) is 18.2. The molecule has 3 aliphatic carbocycles. The molecule has 0 aromatic heterocycles. The molecule has 1 N–H and O–H groups in total. The van der Waals surface area contributed by atoms with Gasteiger partial charge in [-0.15, -0.1) is 0 Å². The third kappa shape index (κ3) is 2.07. The van der Waals surface area contributed by atoms with Crippen molar-refractivity contribution in [3.8, 4) is 11.5 Å². The van der Waals surface area contributed by atoms with E-state index in [2.05, 4.69) is 31.7 Å². The molecule has 2 heterocycles. The third-order valence-corrected chi connectivity index (χ3v) is 9.50. The zero-order chi connectivity index (χ0) is 20.1. The maximum Gasteiger partial charge on any atom is 0.180 e. The van der Waals surface area contributed by atoms with Crippen LogP contribution in [0.5, 0.6) is 11.5 Å². The van der Waals surface area contributed by atoms with E-state index in [4.69, 9.17) is 4.74 Å². The van der Waals surface area contributed by atoms with E-state index < -0.39 is 6.10 Å². The average Bonchev–Trinajstić information content (AvgIpc) is 2.99. The number of hydrogen-bond acceptors (Lipinski definition) is 4.